The van der Waals surface area contributed by atoms with Gasteiger partial charge < -0.3 is 5.32 Å². The van der Waals surface area contributed by atoms with Crippen LogP contribution in [0.3, 0.4) is 0 Å². The highest BCUT2D eigenvalue weighted by Gasteiger charge is 2.27. The van der Waals surface area contributed by atoms with E-state index in [9.17, 15) is 14.4 Å². The van der Waals surface area contributed by atoms with Crippen LogP contribution in [0.5, 0.6) is 0 Å². The minimum Gasteiger partial charge on any atom is -0.361 e. The van der Waals surface area contributed by atoms with Gasteiger partial charge in [0.15, 0.2) is 0 Å². The first kappa shape index (κ1) is 18.8. The number of carbonyl (C=O) groups excluding carboxylic acids is 3. The number of hydrogen-bond acceptors (Lipinski definition) is 5. The Labute approximate surface area is 164 Å². The molecular formula is C19H17BrN4O3. The Kier molecular flexibility index (Phi) is 5.38. The first-order valence-electron chi connectivity index (χ1n) is 8.06. The lowest BCUT2D eigenvalue weighted by Gasteiger charge is -2.18. The summed E-state index contributed by atoms with van der Waals surface area (Å²) < 4.78 is 0.769. The van der Waals surface area contributed by atoms with E-state index in [-0.39, 0.29) is 5.91 Å². The second kappa shape index (κ2) is 7.73. The van der Waals surface area contributed by atoms with Crippen molar-refractivity contribution in [1.82, 2.24) is 15.8 Å². The average molecular weight is 429 g/mol. The van der Waals surface area contributed by atoms with E-state index >= 15 is 0 Å². The number of carbonyl (C=O) groups is 3. The number of hydrogen-bond donors (Lipinski definition) is 3. The van der Waals surface area contributed by atoms with Crippen molar-refractivity contribution in [3.63, 3.8) is 0 Å². The molecule has 0 aliphatic carbocycles. The quantitative estimate of drug-likeness (QED) is 0.395. The predicted octanol–water partition coefficient (Wildman–Crippen LogP) is 2.38. The van der Waals surface area contributed by atoms with Gasteiger partial charge in [-0.3, -0.25) is 25.1 Å². The Morgan fingerprint density at radius 1 is 1.04 bits per heavy atom. The maximum Gasteiger partial charge on any atom is 0.265 e. The molecule has 0 spiro atoms. The van der Waals surface area contributed by atoms with Crippen molar-refractivity contribution < 1.29 is 14.4 Å². The van der Waals surface area contributed by atoms with Gasteiger partial charge in [0.05, 0.1) is 5.57 Å². The van der Waals surface area contributed by atoms with Gasteiger partial charge in [0.25, 0.3) is 17.7 Å². The van der Waals surface area contributed by atoms with Crippen LogP contribution in [0.2, 0.25) is 0 Å². The zero-order valence-corrected chi connectivity index (χ0v) is 16.3. The Balaban J connectivity index is 1.83. The minimum absolute atomic E-state index is 0.214. The number of hydrazine groups is 1. The number of amides is 3. The van der Waals surface area contributed by atoms with Crippen LogP contribution < -0.4 is 16.1 Å². The molecule has 3 rings (SSSR count). The third-order valence-corrected chi connectivity index (χ3v) is 4.34. The number of halogens is 1. The Hall–Kier alpha value is -2.97. The van der Waals surface area contributed by atoms with Crippen LogP contribution in [0.1, 0.15) is 26.3 Å². The molecule has 0 unspecified atom stereocenters. The van der Waals surface area contributed by atoms with Crippen molar-refractivity contribution >= 4 is 44.9 Å². The molecule has 0 aromatic heterocycles. The molecule has 0 fully saturated rings. The van der Waals surface area contributed by atoms with Crippen LogP contribution in [0.15, 0.2) is 53.1 Å². The maximum atomic E-state index is 12.2. The molecule has 27 heavy (non-hydrogen) atoms. The largest absolute Gasteiger partial charge is 0.361 e. The standard InChI is InChI=1S/C19H17BrN4O3/c1-24(2)23-17(25)11-3-6-13(7-4-11)21-10-16-15-9-12(20)5-8-14(15)18(26)22-19(16)27/h3-10,21H,1-2H3,(H,23,25)(H,22,26,27). The van der Waals surface area contributed by atoms with Crippen molar-refractivity contribution in [2.45, 2.75) is 0 Å². The number of anilines is 1. The van der Waals surface area contributed by atoms with E-state index in [1.807, 2.05) is 0 Å². The van der Waals surface area contributed by atoms with Gasteiger partial charge in [0, 0.05) is 47.1 Å². The Morgan fingerprint density at radius 2 is 1.74 bits per heavy atom. The summed E-state index contributed by atoms with van der Waals surface area (Å²) in [4.78, 5) is 36.1. The highest BCUT2D eigenvalue weighted by molar-refractivity contribution is 9.10. The third-order valence-electron chi connectivity index (χ3n) is 3.84. The maximum absolute atomic E-state index is 12.2. The molecule has 138 valence electrons. The molecule has 0 radical (unpaired) electrons. The Bertz CT molecular complexity index is 952. The molecule has 3 N–H and O–H groups in total. The van der Waals surface area contributed by atoms with E-state index < -0.39 is 11.8 Å². The van der Waals surface area contributed by atoms with Crippen molar-refractivity contribution in [3.05, 3.63) is 69.8 Å². The average Bonchev–Trinajstić information content (AvgIpc) is 2.61. The van der Waals surface area contributed by atoms with Crippen LogP contribution >= 0.6 is 15.9 Å². The van der Waals surface area contributed by atoms with Crippen molar-refractivity contribution in [3.8, 4) is 0 Å². The molecule has 0 atom stereocenters. The van der Waals surface area contributed by atoms with Gasteiger partial charge in [-0.05, 0) is 42.5 Å². The predicted molar refractivity (Wildman–Crippen MR) is 106 cm³/mol. The summed E-state index contributed by atoms with van der Waals surface area (Å²) in [5.41, 5.74) is 5.20. The minimum atomic E-state index is -0.472. The van der Waals surface area contributed by atoms with Gasteiger partial charge in [0.2, 0.25) is 0 Å². The van der Waals surface area contributed by atoms with E-state index in [1.165, 1.54) is 0 Å². The summed E-state index contributed by atoms with van der Waals surface area (Å²) >= 11 is 3.36. The number of rotatable bonds is 4. The van der Waals surface area contributed by atoms with Crippen molar-refractivity contribution in [2.75, 3.05) is 19.4 Å². The van der Waals surface area contributed by atoms with Crippen molar-refractivity contribution in [1.29, 1.82) is 0 Å². The van der Waals surface area contributed by atoms with Crippen LogP contribution in [-0.4, -0.2) is 36.8 Å². The second-order valence-electron chi connectivity index (χ2n) is 6.09. The zero-order valence-electron chi connectivity index (χ0n) is 14.7. The molecule has 0 bridgehead atoms. The molecular weight excluding hydrogens is 412 g/mol. The van der Waals surface area contributed by atoms with E-state index in [2.05, 4.69) is 32.0 Å². The van der Waals surface area contributed by atoms with Crippen LogP contribution in [0.4, 0.5) is 5.69 Å². The number of fused-ring (bicyclic) bond motifs is 1. The fourth-order valence-electron chi connectivity index (χ4n) is 2.58. The molecule has 3 amide bonds. The fraction of sp³-hybridized carbons (Fsp3) is 0.105. The lowest BCUT2D eigenvalue weighted by molar-refractivity contribution is -0.114. The van der Waals surface area contributed by atoms with Gasteiger partial charge in [-0.1, -0.05) is 15.9 Å². The molecule has 1 heterocycles. The van der Waals surface area contributed by atoms with E-state index in [1.54, 1.807) is 67.8 Å². The fourth-order valence-corrected chi connectivity index (χ4v) is 2.94. The van der Waals surface area contributed by atoms with Gasteiger partial charge in [0.1, 0.15) is 0 Å². The lowest BCUT2D eigenvalue weighted by Crippen LogP contribution is -2.36. The lowest BCUT2D eigenvalue weighted by atomic mass is 9.95. The van der Waals surface area contributed by atoms with Gasteiger partial charge in [-0.15, -0.1) is 0 Å². The molecule has 2 aromatic rings. The normalized spacial score (nSPS) is 14.7. The Morgan fingerprint density at radius 3 is 2.41 bits per heavy atom. The van der Waals surface area contributed by atoms with Crippen LogP contribution in [0.25, 0.3) is 5.57 Å². The highest BCUT2D eigenvalue weighted by Crippen LogP contribution is 2.27. The zero-order chi connectivity index (χ0) is 19.6. The number of nitrogens with one attached hydrogen (secondary N) is 3. The number of nitrogens with zero attached hydrogens (tertiary/aromatic N) is 1. The number of imide groups is 1. The van der Waals surface area contributed by atoms with E-state index in [0.29, 0.717) is 28.0 Å². The summed E-state index contributed by atoms with van der Waals surface area (Å²) in [6, 6.07) is 12.0. The molecule has 8 heteroatoms. The van der Waals surface area contributed by atoms with Gasteiger partial charge >= 0.3 is 0 Å². The summed E-state index contributed by atoms with van der Waals surface area (Å²) in [6.45, 7) is 0. The summed E-state index contributed by atoms with van der Waals surface area (Å²) in [6.07, 6.45) is 1.54. The van der Waals surface area contributed by atoms with Crippen LogP contribution in [0, 0.1) is 0 Å². The molecule has 2 aromatic carbocycles. The van der Waals surface area contributed by atoms with Crippen molar-refractivity contribution in [2.24, 2.45) is 0 Å². The molecule has 0 saturated heterocycles. The topological polar surface area (TPSA) is 90.5 Å². The monoisotopic (exact) mass is 428 g/mol. The first-order chi connectivity index (χ1) is 12.8. The highest BCUT2D eigenvalue weighted by atomic mass is 79.9. The molecule has 1 aliphatic heterocycles. The molecule has 0 saturated carbocycles. The SMILES string of the molecule is CN(C)NC(=O)c1ccc(NC=C2C(=O)NC(=O)c3ccc(Br)cc32)cc1. The van der Waals surface area contributed by atoms with Crippen LogP contribution in [-0.2, 0) is 4.79 Å². The van der Waals surface area contributed by atoms with Gasteiger partial charge in [-0.25, -0.2) is 5.01 Å². The summed E-state index contributed by atoms with van der Waals surface area (Å²) in [5, 5.41) is 6.93. The first-order valence-corrected chi connectivity index (χ1v) is 8.85. The third kappa shape index (κ3) is 4.24. The molecule has 1 aliphatic rings. The van der Waals surface area contributed by atoms with E-state index in [4.69, 9.17) is 0 Å². The summed E-state index contributed by atoms with van der Waals surface area (Å²) in [5.74, 6) is -1.11. The summed E-state index contributed by atoms with van der Waals surface area (Å²) in [7, 11) is 3.46. The second-order valence-corrected chi connectivity index (χ2v) is 7.00. The molecule has 7 nitrogen and oxygen atoms in total. The van der Waals surface area contributed by atoms with Gasteiger partial charge in [-0.2, -0.15) is 0 Å². The smallest absolute Gasteiger partial charge is 0.265 e. The van der Waals surface area contributed by atoms with E-state index in [0.717, 1.165) is 4.47 Å². The number of benzene rings is 2.